The van der Waals surface area contributed by atoms with E-state index in [0.29, 0.717) is 16.4 Å². The van der Waals surface area contributed by atoms with Gasteiger partial charge in [0, 0.05) is 25.9 Å². The number of ether oxygens (including phenoxy) is 2. The number of hydrogen-bond acceptors (Lipinski definition) is 8. The molecule has 0 bridgehead atoms. The Kier molecular flexibility index (Phi) is 6.31. The van der Waals surface area contributed by atoms with E-state index in [2.05, 4.69) is 4.99 Å². The number of allylic oxidation sites excluding steroid dienone is 1. The number of thioether (sulfide) groups is 1. The monoisotopic (exact) mass is 429 g/mol. The normalized spacial score (nSPS) is 18.4. The van der Waals surface area contributed by atoms with Crippen LogP contribution in [0.3, 0.4) is 0 Å². The topological polar surface area (TPSA) is 88.5 Å². The number of esters is 2. The van der Waals surface area contributed by atoms with Crippen molar-refractivity contribution in [1.29, 1.82) is 0 Å². The van der Waals surface area contributed by atoms with Crippen LogP contribution in [0.1, 0.15) is 25.5 Å². The van der Waals surface area contributed by atoms with Gasteiger partial charge in [0.25, 0.3) is 5.91 Å². The third-order valence-electron chi connectivity index (χ3n) is 4.69. The summed E-state index contributed by atoms with van der Waals surface area (Å²) in [6.45, 7) is 3.62. The second-order valence-corrected chi connectivity index (χ2v) is 7.82. The number of rotatable bonds is 5. The highest BCUT2D eigenvalue weighted by Gasteiger charge is 2.42. The number of nitrogens with zero attached hydrogens (tertiary/aromatic N) is 3. The summed E-state index contributed by atoms with van der Waals surface area (Å²) in [5, 5.41) is 0.315. The average Bonchev–Trinajstić information content (AvgIpc) is 2.72. The SMILES string of the molecule is CCOC(=O)C1=C(C)N=C2SC(C(=O)OC)=CC(=O)N2C1c1ccc(N(C)C)cc1. The Morgan fingerprint density at radius 3 is 2.43 bits per heavy atom. The molecular weight excluding hydrogens is 406 g/mol. The molecule has 1 aromatic rings. The second-order valence-electron chi connectivity index (χ2n) is 6.81. The van der Waals surface area contributed by atoms with Crippen molar-refractivity contribution in [2.24, 2.45) is 4.99 Å². The van der Waals surface area contributed by atoms with Crippen molar-refractivity contribution in [3.05, 3.63) is 52.1 Å². The van der Waals surface area contributed by atoms with Gasteiger partial charge in [-0.2, -0.15) is 0 Å². The first-order valence-electron chi connectivity index (χ1n) is 9.33. The summed E-state index contributed by atoms with van der Waals surface area (Å²) >= 11 is 1.04. The standard InChI is InChI=1S/C21H23N3O5S/c1-6-29-20(27)17-12(2)22-21-24(16(25)11-15(30-21)19(26)28-5)18(17)13-7-9-14(10-8-13)23(3)4/h7-11,18H,6H2,1-5H3. The van der Waals surface area contributed by atoms with Gasteiger partial charge >= 0.3 is 11.9 Å². The van der Waals surface area contributed by atoms with Crippen molar-refractivity contribution in [3.8, 4) is 0 Å². The first-order valence-corrected chi connectivity index (χ1v) is 10.1. The fourth-order valence-corrected chi connectivity index (χ4v) is 4.24. The van der Waals surface area contributed by atoms with Crippen LogP contribution in [0.2, 0.25) is 0 Å². The molecule has 0 spiro atoms. The maximum atomic E-state index is 13.0. The molecule has 9 heteroatoms. The van der Waals surface area contributed by atoms with Crippen LogP contribution >= 0.6 is 11.8 Å². The van der Waals surface area contributed by atoms with Gasteiger partial charge in [-0.25, -0.2) is 14.6 Å². The molecule has 0 N–H and O–H groups in total. The molecule has 0 fully saturated rings. The van der Waals surface area contributed by atoms with E-state index in [4.69, 9.17) is 9.47 Å². The molecule has 0 radical (unpaired) electrons. The third-order valence-corrected chi connectivity index (χ3v) is 5.67. The number of hydrogen-bond donors (Lipinski definition) is 0. The van der Waals surface area contributed by atoms with Gasteiger partial charge in [-0.1, -0.05) is 12.1 Å². The maximum absolute atomic E-state index is 13.0. The molecule has 2 aliphatic rings. The number of benzene rings is 1. The summed E-state index contributed by atoms with van der Waals surface area (Å²) in [4.78, 5) is 45.7. The first kappa shape index (κ1) is 21.6. The molecule has 30 heavy (non-hydrogen) atoms. The van der Waals surface area contributed by atoms with Crippen molar-refractivity contribution < 1.29 is 23.9 Å². The van der Waals surface area contributed by atoms with Crippen molar-refractivity contribution in [2.45, 2.75) is 19.9 Å². The number of aliphatic imine (C=N–C) groups is 1. The van der Waals surface area contributed by atoms with Gasteiger partial charge in [0.2, 0.25) is 0 Å². The first-order chi connectivity index (χ1) is 14.3. The van der Waals surface area contributed by atoms with Crippen molar-refractivity contribution >= 4 is 40.5 Å². The number of methoxy groups -OCH3 is 1. The van der Waals surface area contributed by atoms with E-state index in [9.17, 15) is 14.4 Å². The smallest absolute Gasteiger partial charge is 0.345 e. The van der Waals surface area contributed by atoms with Crippen molar-refractivity contribution in [1.82, 2.24) is 4.90 Å². The summed E-state index contributed by atoms with van der Waals surface area (Å²) in [5.41, 5.74) is 2.45. The number of fused-ring (bicyclic) bond motifs is 1. The van der Waals surface area contributed by atoms with Crippen LogP contribution in [0.25, 0.3) is 0 Å². The van der Waals surface area contributed by atoms with E-state index in [1.54, 1.807) is 13.8 Å². The summed E-state index contributed by atoms with van der Waals surface area (Å²) in [7, 11) is 5.11. The van der Waals surface area contributed by atoms with E-state index >= 15 is 0 Å². The van der Waals surface area contributed by atoms with Gasteiger partial charge in [0.1, 0.15) is 4.91 Å². The molecule has 0 saturated heterocycles. The number of amides is 1. The van der Waals surface area contributed by atoms with Crippen molar-refractivity contribution in [3.63, 3.8) is 0 Å². The molecular formula is C21H23N3O5S. The molecule has 0 saturated carbocycles. The number of anilines is 1. The van der Waals surface area contributed by atoms with Gasteiger partial charge < -0.3 is 14.4 Å². The van der Waals surface area contributed by atoms with E-state index in [0.717, 1.165) is 23.0 Å². The fourth-order valence-electron chi connectivity index (χ4n) is 3.24. The summed E-state index contributed by atoms with van der Waals surface area (Å²) < 4.78 is 9.99. The van der Waals surface area contributed by atoms with Crippen LogP contribution in [0.4, 0.5) is 5.69 Å². The lowest BCUT2D eigenvalue weighted by Crippen LogP contribution is -2.44. The van der Waals surface area contributed by atoms with E-state index in [-0.39, 0.29) is 11.5 Å². The summed E-state index contributed by atoms with van der Waals surface area (Å²) in [6, 6.07) is 6.84. The minimum absolute atomic E-state index is 0.145. The molecule has 3 rings (SSSR count). The van der Waals surface area contributed by atoms with E-state index in [1.165, 1.54) is 18.1 Å². The zero-order valence-corrected chi connectivity index (χ0v) is 18.3. The highest BCUT2D eigenvalue weighted by Crippen LogP contribution is 2.42. The molecule has 0 aliphatic carbocycles. The van der Waals surface area contributed by atoms with E-state index in [1.807, 2.05) is 43.3 Å². The van der Waals surface area contributed by atoms with Crippen LogP contribution in [-0.2, 0) is 23.9 Å². The number of carbonyl (C=O) groups excluding carboxylic acids is 3. The molecule has 1 aromatic carbocycles. The van der Waals surface area contributed by atoms with Gasteiger partial charge in [0.05, 0.1) is 31.0 Å². The van der Waals surface area contributed by atoms with E-state index < -0.39 is 23.9 Å². The van der Waals surface area contributed by atoms with Gasteiger partial charge in [0.15, 0.2) is 5.17 Å². The number of amidine groups is 1. The molecule has 1 unspecified atom stereocenters. The Morgan fingerprint density at radius 2 is 1.87 bits per heavy atom. The maximum Gasteiger partial charge on any atom is 0.345 e. The van der Waals surface area contributed by atoms with Crippen LogP contribution in [0.5, 0.6) is 0 Å². The molecule has 0 aromatic heterocycles. The van der Waals surface area contributed by atoms with Gasteiger partial charge in [-0.15, -0.1) is 0 Å². The molecule has 8 nitrogen and oxygen atoms in total. The highest BCUT2D eigenvalue weighted by atomic mass is 32.2. The molecule has 1 atom stereocenters. The Bertz CT molecular complexity index is 979. The average molecular weight is 429 g/mol. The zero-order valence-electron chi connectivity index (χ0n) is 17.5. The molecule has 2 aliphatic heterocycles. The zero-order chi connectivity index (χ0) is 22.0. The fraction of sp³-hybridized carbons (Fsp3) is 0.333. The lowest BCUT2D eigenvalue weighted by atomic mass is 9.94. The van der Waals surface area contributed by atoms with Crippen LogP contribution < -0.4 is 4.90 Å². The van der Waals surface area contributed by atoms with Gasteiger partial charge in [-0.3, -0.25) is 9.69 Å². The number of carbonyl (C=O) groups is 3. The summed E-state index contributed by atoms with van der Waals surface area (Å²) in [6.07, 6.45) is 1.21. The third kappa shape index (κ3) is 3.97. The minimum atomic E-state index is -0.719. The summed E-state index contributed by atoms with van der Waals surface area (Å²) in [5.74, 6) is -1.59. The molecule has 158 valence electrons. The van der Waals surface area contributed by atoms with Gasteiger partial charge in [-0.05, 0) is 43.3 Å². The lowest BCUT2D eigenvalue weighted by molar-refractivity contribution is -0.140. The predicted molar refractivity (Wildman–Crippen MR) is 115 cm³/mol. The minimum Gasteiger partial charge on any atom is -0.465 e. The Hall–Kier alpha value is -3.07. The Morgan fingerprint density at radius 1 is 1.20 bits per heavy atom. The van der Waals surface area contributed by atoms with Crippen LogP contribution in [0, 0.1) is 0 Å². The highest BCUT2D eigenvalue weighted by molar-refractivity contribution is 8.18. The predicted octanol–water partition coefficient (Wildman–Crippen LogP) is 2.63. The Labute approximate surface area is 179 Å². The Balaban J connectivity index is 2.13. The molecule has 2 heterocycles. The lowest BCUT2D eigenvalue weighted by Gasteiger charge is -2.38. The largest absolute Gasteiger partial charge is 0.465 e. The van der Waals surface area contributed by atoms with Crippen molar-refractivity contribution in [2.75, 3.05) is 32.7 Å². The quantitative estimate of drug-likeness (QED) is 0.665. The second kappa shape index (κ2) is 8.74. The van der Waals surface area contributed by atoms with Crippen LogP contribution in [-0.4, -0.2) is 55.7 Å². The van der Waals surface area contributed by atoms with Crippen LogP contribution in [0.15, 0.2) is 51.5 Å². The molecule has 1 amide bonds.